The molecule has 0 unspecified atom stereocenters. The summed E-state index contributed by atoms with van der Waals surface area (Å²) in [5.74, 6) is 0. The Hall–Kier alpha value is 1.32. The molecule has 0 fully saturated rings. The van der Waals surface area contributed by atoms with Gasteiger partial charge in [0, 0.05) is 0 Å². The third-order valence-corrected chi connectivity index (χ3v) is 0. The number of halogens is 1. The van der Waals surface area contributed by atoms with E-state index in [9.17, 15) is 0 Å². The minimum Gasteiger partial charge on any atom is -1.00 e. The fourth-order valence-electron chi connectivity index (χ4n) is 0. The molecule has 0 aromatic heterocycles. The van der Waals surface area contributed by atoms with E-state index in [1.54, 1.807) is 0 Å². The van der Waals surface area contributed by atoms with E-state index >= 15 is 0 Å². The molecule has 0 aliphatic heterocycles. The average molecular weight is 219 g/mol. The van der Waals surface area contributed by atoms with E-state index in [4.69, 9.17) is 8.92 Å². The van der Waals surface area contributed by atoms with E-state index in [1.165, 1.54) is 0 Å². The molecule has 0 aliphatic rings. The van der Waals surface area contributed by atoms with Crippen molar-refractivity contribution in [3.05, 3.63) is 0 Å². The van der Waals surface area contributed by atoms with E-state index in [0.717, 1.165) is 0 Å². The van der Waals surface area contributed by atoms with E-state index in [1.807, 2.05) is 0 Å². The van der Waals surface area contributed by atoms with Crippen LogP contribution in [0.15, 0.2) is 0 Å². The van der Waals surface area contributed by atoms with Crippen LogP contribution in [-0.2, 0) is 8.92 Å². The van der Waals surface area contributed by atoms with Gasteiger partial charge in [-0.2, -0.15) is 0 Å². The van der Waals surface area contributed by atoms with Gasteiger partial charge in [-0.15, -0.1) is 0 Å². The zero-order valence-electron chi connectivity index (χ0n) is 4.43. The van der Waals surface area contributed by atoms with Crippen molar-refractivity contribution in [2.45, 2.75) is 0 Å². The standard InChI is InChI=1S/Ba.FH.O2Si.2H/c;;1-3-2;;/h;1H;;;/q+2;;;2*-1. The Bertz CT molecular complexity index is 36.7. The topological polar surface area (TPSA) is 34.1 Å². The van der Waals surface area contributed by atoms with Gasteiger partial charge in [0.15, 0.2) is 0 Å². The minimum absolute atomic E-state index is 0. The normalized spacial score (nSPS) is 1.60. The largest absolute Gasteiger partial charge is 2.00 e. The molecular weight excluding hydrogens is 216 g/mol. The average Bonchev–Trinajstić information content (AvgIpc) is 0.918. The molecule has 0 spiro atoms. The van der Waals surface area contributed by atoms with Crippen LogP contribution in [0.25, 0.3) is 0 Å². The quantitative estimate of drug-likeness (QED) is 0.509. The Morgan fingerprint density at radius 1 is 1.40 bits per heavy atom. The third kappa shape index (κ3) is 33.7. The molecule has 0 radical (unpaired) electrons. The molecule has 28 valence electrons. The van der Waals surface area contributed by atoms with Gasteiger partial charge in [0.1, 0.15) is 0 Å². The maximum Gasteiger partial charge on any atom is 2.00 e. The summed E-state index contributed by atoms with van der Waals surface area (Å²) in [4.78, 5) is 0. The molecule has 2 nitrogen and oxygen atoms in total. The summed E-state index contributed by atoms with van der Waals surface area (Å²) in [6, 6.07) is 0. The molecule has 0 aromatic carbocycles. The van der Waals surface area contributed by atoms with Crippen molar-refractivity contribution < 1.29 is 16.5 Å². The van der Waals surface area contributed by atoms with E-state index in [0.29, 0.717) is 0 Å². The zero-order valence-corrected chi connectivity index (χ0v) is 7.87. The zero-order chi connectivity index (χ0) is 2.71. The van der Waals surface area contributed by atoms with E-state index in [-0.39, 0.29) is 56.4 Å². The van der Waals surface area contributed by atoms with Gasteiger partial charge in [-0.3, -0.25) is 13.6 Å². The maximum absolute atomic E-state index is 8.40. The second-order valence-corrected chi connectivity index (χ2v) is 0.250. The summed E-state index contributed by atoms with van der Waals surface area (Å²) >= 11 is 0. The Morgan fingerprint density at radius 2 is 1.40 bits per heavy atom. The first kappa shape index (κ1) is 16.2. The smallest absolute Gasteiger partial charge is 1.00 e. The van der Waals surface area contributed by atoms with Gasteiger partial charge in [0.25, 0.3) is 0 Å². The van der Waals surface area contributed by atoms with Crippen LogP contribution in [0.1, 0.15) is 2.85 Å². The first-order chi connectivity index (χ1) is 1.41. The Balaban J connectivity index is -0.00000000333. The predicted octanol–water partition coefficient (Wildman–Crippen LogP) is -0.622. The van der Waals surface area contributed by atoms with Crippen LogP contribution in [0.5, 0.6) is 0 Å². The van der Waals surface area contributed by atoms with Crippen LogP contribution in [0.3, 0.4) is 0 Å². The summed E-state index contributed by atoms with van der Waals surface area (Å²) in [6.07, 6.45) is 0. The van der Waals surface area contributed by atoms with Crippen molar-refractivity contribution in [2.24, 2.45) is 0 Å². The van der Waals surface area contributed by atoms with Crippen molar-refractivity contribution >= 4 is 58.2 Å². The van der Waals surface area contributed by atoms with E-state index < -0.39 is 9.29 Å². The Morgan fingerprint density at radius 3 is 1.40 bits per heavy atom. The monoisotopic (exact) mass is 220 g/mol. The van der Waals surface area contributed by atoms with Crippen LogP contribution in [0.4, 0.5) is 4.70 Å². The second kappa shape index (κ2) is 18.5. The van der Waals surface area contributed by atoms with Gasteiger partial charge in [-0.25, -0.2) is 0 Å². The fourth-order valence-corrected chi connectivity index (χ4v) is 0. The molecular formula is H3BaFO2Si. The summed E-state index contributed by atoms with van der Waals surface area (Å²) in [5, 5.41) is 0. The molecule has 0 amide bonds. The van der Waals surface area contributed by atoms with Crippen molar-refractivity contribution in [1.82, 2.24) is 0 Å². The SMILES string of the molecule is F.O=[Si]=O.[Ba+2].[H-].[H-]. The Kier molecular flexibility index (Phi) is 59.9. The first-order valence-corrected chi connectivity index (χ1v) is 1.22. The molecule has 0 N–H and O–H groups in total. The molecule has 5 heteroatoms. The molecule has 0 aliphatic carbocycles. The van der Waals surface area contributed by atoms with Crippen molar-refractivity contribution in [2.75, 3.05) is 0 Å². The first-order valence-electron chi connectivity index (χ1n) is 0.408. The van der Waals surface area contributed by atoms with Gasteiger partial charge in [-0.1, -0.05) is 0 Å². The predicted molar refractivity (Wildman–Crippen MR) is 17.6 cm³/mol. The van der Waals surface area contributed by atoms with E-state index in [2.05, 4.69) is 0 Å². The number of hydrogen-bond acceptors (Lipinski definition) is 2. The van der Waals surface area contributed by atoms with Gasteiger partial charge in [-0.05, 0) is 0 Å². The molecule has 5 heavy (non-hydrogen) atoms. The van der Waals surface area contributed by atoms with Gasteiger partial charge in [0.2, 0.25) is 0 Å². The van der Waals surface area contributed by atoms with Crippen LogP contribution >= 0.6 is 0 Å². The van der Waals surface area contributed by atoms with Gasteiger partial charge in [0.05, 0.1) is 0 Å². The van der Waals surface area contributed by atoms with Crippen molar-refractivity contribution in [3.8, 4) is 0 Å². The van der Waals surface area contributed by atoms with Gasteiger partial charge >= 0.3 is 58.2 Å². The van der Waals surface area contributed by atoms with Crippen molar-refractivity contribution in [1.29, 1.82) is 0 Å². The summed E-state index contributed by atoms with van der Waals surface area (Å²) < 4.78 is 16.8. The molecule has 0 heterocycles. The Labute approximate surface area is 73.7 Å². The molecule has 0 bridgehead atoms. The van der Waals surface area contributed by atoms with Gasteiger partial charge < -0.3 is 2.85 Å². The second-order valence-electron chi connectivity index (χ2n) is 0.0833. The minimum atomic E-state index is -1.42. The van der Waals surface area contributed by atoms with Crippen LogP contribution in [-0.4, -0.2) is 58.2 Å². The molecule has 0 saturated heterocycles. The molecule has 0 atom stereocenters. The van der Waals surface area contributed by atoms with Crippen molar-refractivity contribution in [3.63, 3.8) is 0 Å². The van der Waals surface area contributed by atoms with Crippen LogP contribution < -0.4 is 0 Å². The molecule has 0 rings (SSSR count). The van der Waals surface area contributed by atoms with Crippen LogP contribution in [0.2, 0.25) is 0 Å². The summed E-state index contributed by atoms with van der Waals surface area (Å²) in [5.41, 5.74) is 0. The third-order valence-electron chi connectivity index (χ3n) is 0. The molecule has 0 saturated carbocycles. The van der Waals surface area contributed by atoms with Crippen LogP contribution in [0, 0.1) is 0 Å². The summed E-state index contributed by atoms with van der Waals surface area (Å²) in [6.45, 7) is 0. The number of rotatable bonds is 0. The summed E-state index contributed by atoms with van der Waals surface area (Å²) in [7, 11) is -1.42. The number of hydrogen-bond donors (Lipinski definition) is 0. The molecule has 0 aromatic rings. The maximum atomic E-state index is 8.40. The fraction of sp³-hybridized carbons (Fsp3) is 0.